The van der Waals surface area contributed by atoms with Crippen LogP contribution in [0.5, 0.6) is 0 Å². The molecule has 0 aromatic rings. The molecule has 0 aliphatic carbocycles. The first-order valence-corrected chi connectivity index (χ1v) is 6.88. The number of hydrogen-bond acceptors (Lipinski definition) is 4. The Balaban J connectivity index is 2.33. The molecule has 0 amide bonds. The van der Waals surface area contributed by atoms with Crippen molar-refractivity contribution in [2.45, 2.75) is 19.8 Å². The van der Waals surface area contributed by atoms with Crippen LogP contribution in [-0.2, 0) is 19.8 Å². The predicted molar refractivity (Wildman–Crippen MR) is 59.9 cm³/mol. The molecule has 0 unspecified atom stereocenters. The molecule has 0 bridgehead atoms. The molecule has 7 heteroatoms. The quantitative estimate of drug-likeness (QED) is 0.539. The fraction of sp³-hybridized carbons (Fsp3) is 1.00. The third kappa shape index (κ3) is 4.34. The Bertz CT molecular complexity index is 286. The first-order valence-electron chi connectivity index (χ1n) is 5.44. The lowest BCUT2D eigenvalue weighted by Gasteiger charge is -2.28. The van der Waals surface area contributed by atoms with Gasteiger partial charge in [0, 0.05) is 20.2 Å². The van der Waals surface area contributed by atoms with Gasteiger partial charge < -0.3 is 4.74 Å². The second kappa shape index (κ2) is 6.51. The molecule has 0 aromatic carbocycles. The number of methoxy groups -OCH3 is 1. The second-order valence-corrected chi connectivity index (χ2v) is 5.64. The third-order valence-electron chi connectivity index (χ3n) is 2.64. The average molecular weight is 252 g/mol. The topological polar surface area (TPSA) is 67.9 Å². The van der Waals surface area contributed by atoms with Gasteiger partial charge in [0.05, 0.1) is 13.2 Å². The highest BCUT2D eigenvalue weighted by molar-refractivity contribution is 7.87. The average Bonchev–Trinajstić information content (AvgIpc) is 2.25. The van der Waals surface area contributed by atoms with E-state index in [9.17, 15) is 8.42 Å². The van der Waals surface area contributed by atoms with Gasteiger partial charge in [0.2, 0.25) is 0 Å². The first-order chi connectivity index (χ1) is 7.56. The van der Waals surface area contributed by atoms with Crippen molar-refractivity contribution in [2.24, 2.45) is 5.92 Å². The van der Waals surface area contributed by atoms with Crippen LogP contribution >= 0.6 is 0 Å². The Labute approximate surface area is 97.0 Å². The molecule has 1 aliphatic rings. The molecule has 0 saturated carbocycles. The summed E-state index contributed by atoms with van der Waals surface area (Å²) in [4.78, 5) is 6.91. The third-order valence-corrected chi connectivity index (χ3v) is 4.01. The maximum absolute atomic E-state index is 11.7. The Kier molecular flexibility index (Phi) is 5.63. The van der Waals surface area contributed by atoms with Crippen molar-refractivity contribution >= 4 is 10.2 Å². The summed E-state index contributed by atoms with van der Waals surface area (Å²) in [5, 5.41) is 0. The Morgan fingerprint density at radius 2 is 1.94 bits per heavy atom. The van der Waals surface area contributed by atoms with Crippen molar-refractivity contribution in [1.29, 1.82) is 0 Å². The molecule has 0 aromatic heterocycles. The maximum Gasteiger partial charge on any atom is 0.301 e. The Morgan fingerprint density at radius 3 is 2.50 bits per heavy atom. The number of nitrogens with one attached hydrogen (secondary N) is 1. The largest absolute Gasteiger partial charge is 0.382 e. The highest BCUT2D eigenvalue weighted by Crippen LogP contribution is 2.17. The van der Waals surface area contributed by atoms with Crippen LogP contribution in [0, 0.1) is 5.92 Å². The molecule has 1 aliphatic heterocycles. The van der Waals surface area contributed by atoms with Crippen molar-refractivity contribution in [3.05, 3.63) is 0 Å². The molecule has 1 rings (SSSR count). The van der Waals surface area contributed by atoms with E-state index in [2.05, 4.69) is 11.8 Å². The molecule has 0 radical (unpaired) electrons. The summed E-state index contributed by atoms with van der Waals surface area (Å²) in [5.74, 6) is 0.598. The standard InChI is InChI=1S/C9H20N2O4S/c1-9-3-5-11(6-4-9)16(12,13)10-15-8-7-14-2/h9-10H,3-8H2,1-2H3. The van der Waals surface area contributed by atoms with Crippen molar-refractivity contribution in [2.75, 3.05) is 33.4 Å². The van der Waals surface area contributed by atoms with Gasteiger partial charge in [-0.25, -0.2) is 0 Å². The van der Waals surface area contributed by atoms with Gasteiger partial charge in [-0.1, -0.05) is 11.8 Å². The van der Waals surface area contributed by atoms with Gasteiger partial charge in [0.15, 0.2) is 0 Å². The summed E-state index contributed by atoms with van der Waals surface area (Å²) in [5.41, 5.74) is 0. The minimum Gasteiger partial charge on any atom is -0.382 e. The molecule has 1 heterocycles. The number of ether oxygens (including phenoxy) is 1. The maximum atomic E-state index is 11.7. The Morgan fingerprint density at radius 1 is 1.31 bits per heavy atom. The fourth-order valence-corrected chi connectivity index (χ4v) is 2.55. The molecular weight excluding hydrogens is 232 g/mol. The molecule has 6 nitrogen and oxygen atoms in total. The van der Waals surface area contributed by atoms with Gasteiger partial charge in [-0.15, -0.1) is 0 Å². The van der Waals surface area contributed by atoms with Gasteiger partial charge in [-0.3, -0.25) is 4.84 Å². The van der Waals surface area contributed by atoms with Crippen molar-refractivity contribution in [1.82, 2.24) is 9.19 Å². The molecule has 1 fully saturated rings. The normalized spacial score (nSPS) is 20.1. The number of hydrogen-bond donors (Lipinski definition) is 1. The number of piperidine rings is 1. The van der Waals surface area contributed by atoms with E-state index in [4.69, 9.17) is 9.57 Å². The summed E-state index contributed by atoms with van der Waals surface area (Å²) in [6.07, 6.45) is 1.80. The fourth-order valence-electron chi connectivity index (χ4n) is 1.52. The number of nitrogens with zero attached hydrogens (tertiary/aromatic N) is 1. The second-order valence-electron chi connectivity index (χ2n) is 4.01. The highest BCUT2D eigenvalue weighted by atomic mass is 32.2. The zero-order valence-corrected chi connectivity index (χ0v) is 10.6. The number of rotatable bonds is 6. The van der Waals surface area contributed by atoms with E-state index >= 15 is 0 Å². The van der Waals surface area contributed by atoms with Crippen LogP contribution in [0.4, 0.5) is 0 Å². The van der Waals surface area contributed by atoms with Crippen LogP contribution in [-0.4, -0.2) is 46.1 Å². The molecule has 16 heavy (non-hydrogen) atoms. The Hall–Kier alpha value is -0.210. The van der Waals surface area contributed by atoms with Crippen molar-refractivity contribution in [3.8, 4) is 0 Å². The van der Waals surface area contributed by atoms with Gasteiger partial charge in [0.25, 0.3) is 0 Å². The summed E-state index contributed by atoms with van der Waals surface area (Å²) in [6, 6.07) is 0. The lowest BCUT2D eigenvalue weighted by Crippen LogP contribution is -2.44. The summed E-state index contributed by atoms with van der Waals surface area (Å²) < 4.78 is 29.6. The molecule has 1 saturated heterocycles. The van der Waals surface area contributed by atoms with E-state index < -0.39 is 10.2 Å². The van der Waals surface area contributed by atoms with E-state index in [0.29, 0.717) is 25.6 Å². The van der Waals surface area contributed by atoms with Crippen LogP contribution in [0.15, 0.2) is 0 Å². The zero-order valence-electron chi connectivity index (χ0n) is 9.81. The van der Waals surface area contributed by atoms with Crippen LogP contribution < -0.4 is 4.89 Å². The van der Waals surface area contributed by atoms with Crippen molar-refractivity contribution < 1.29 is 18.0 Å². The van der Waals surface area contributed by atoms with E-state index in [-0.39, 0.29) is 6.61 Å². The van der Waals surface area contributed by atoms with Crippen molar-refractivity contribution in [3.63, 3.8) is 0 Å². The SMILES string of the molecule is COCCONS(=O)(=O)N1CCC(C)CC1. The lowest BCUT2D eigenvalue weighted by molar-refractivity contribution is 0.0403. The van der Waals surface area contributed by atoms with Gasteiger partial charge in [-0.2, -0.15) is 12.7 Å². The first kappa shape index (κ1) is 13.9. The summed E-state index contributed by atoms with van der Waals surface area (Å²) in [7, 11) is -1.95. The monoisotopic (exact) mass is 252 g/mol. The van der Waals surface area contributed by atoms with E-state index in [1.807, 2.05) is 0 Å². The lowest BCUT2D eigenvalue weighted by atomic mass is 10.0. The smallest absolute Gasteiger partial charge is 0.301 e. The molecule has 1 N–H and O–H groups in total. The summed E-state index contributed by atoms with van der Waals surface area (Å²) in [6.45, 7) is 3.82. The minimum absolute atomic E-state index is 0.208. The summed E-state index contributed by atoms with van der Waals surface area (Å²) >= 11 is 0. The van der Waals surface area contributed by atoms with E-state index in [1.54, 1.807) is 0 Å². The molecule has 0 atom stereocenters. The van der Waals surface area contributed by atoms with Crippen LogP contribution in [0.25, 0.3) is 0 Å². The van der Waals surface area contributed by atoms with Crippen LogP contribution in [0.1, 0.15) is 19.8 Å². The van der Waals surface area contributed by atoms with Crippen LogP contribution in [0.3, 0.4) is 0 Å². The van der Waals surface area contributed by atoms with Crippen LogP contribution in [0.2, 0.25) is 0 Å². The highest BCUT2D eigenvalue weighted by Gasteiger charge is 2.26. The zero-order chi connectivity index (χ0) is 12.0. The minimum atomic E-state index is -3.48. The van der Waals surface area contributed by atoms with Gasteiger partial charge >= 0.3 is 10.2 Å². The molecule has 0 spiro atoms. The van der Waals surface area contributed by atoms with Gasteiger partial charge in [-0.05, 0) is 18.8 Å². The molecular formula is C9H20N2O4S. The predicted octanol–water partition coefficient (Wildman–Crippen LogP) is 0.131. The van der Waals surface area contributed by atoms with E-state index in [1.165, 1.54) is 11.4 Å². The molecule has 96 valence electrons. The van der Waals surface area contributed by atoms with E-state index in [0.717, 1.165) is 12.8 Å². The van der Waals surface area contributed by atoms with Gasteiger partial charge in [0.1, 0.15) is 0 Å².